The molecule has 0 aliphatic carbocycles. The number of benzene rings is 1. The first-order valence-corrected chi connectivity index (χ1v) is 5.86. The number of ether oxygens (including phenoxy) is 1. The van der Waals surface area contributed by atoms with Crippen LogP contribution in [0.5, 0.6) is 5.75 Å². The summed E-state index contributed by atoms with van der Waals surface area (Å²) in [5, 5.41) is 0.368. The Balaban J connectivity index is 2.01. The quantitative estimate of drug-likeness (QED) is 0.435. The van der Waals surface area contributed by atoms with Crippen molar-refractivity contribution >= 4 is 24.1 Å². The lowest BCUT2D eigenvalue weighted by Crippen LogP contribution is -2.39. The fraction of sp³-hybridized carbons (Fsp3) is 0.231. The number of amides is 2. The molecule has 1 fully saturated rings. The van der Waals surface area contributed by atoms with Crippen molar-refractivity contribution in [2.75, 3.05) is 0 Å². The van der Waals surface area contributed by atoms with E-state index in [-0.39, 0.29) is 19.1 Å². The normalized spacial score (nSPS) is 15.9. The molecular weight excluding hydrogens is 266 g/mol. The molecule has 0 aromatic heterocycles. The van der Waals surface area contributed by atoms with Crippen LogP contribution in [-0.2, 0) is 24.0 Å². The van der Waals surface area contributed by atoms with E-state index < -0.39 is 23.9 Å². The number of imide groups is 1. The highest BCUT2D eigenvalue weighted by Crippen LogP contribution is 2.15. The van der Waals surface area contributed by atoms with Gasteiger partial charge in [-0.05, 0) is 12.1 Å². The van der Waals surface area contributed by atoms with Crippen molar-refractivity contribution in [1.82, 2.24) is 5.06 Å². The summed E-state index contributed by atoms with van der Waals surface area (Å²) in [6.07, 6.45) is -1.34. The van der Waals surface area contributed by atoms with Crippen LogP contribution in [0, 0.1) is 0 Å². The minimum absolute atomic E-state index is 0.0165. The first-order chi connectivity index (χ1) is 9.61. The van der Waals surface area contributed by atoms with Gasteiger partial charge in [0.25, 0.3) is 17.9 Å². The van der Waals surface area contributed by atoms with Crippen LogP contribution in [0.15, 0.2) is 30.3 Å². The van der Waals surface area contributed by atoms with Crippen LogP contribution in [0.4, 0.5) is 0 Å². The predicted octanol–water partition coefficient (Wildman–Crippen LogP) is 0.240. The standard InChI is InChI=1S/C13H11NO6/c15-8-10(19-9-4-2-1-3-5-9)13(18)20-14-11(16)6-7-12(14)17/h1-5,8,10H,6-7H2. The minimum Gasteiger partial charge on any atom is -0.471 e. The summed E-state index contributed by atoms with van der Waals surface area (Å²) in [7, 11) is 0. The SMILES string of the molecule is O=CC(Oc1ccccc1)C(=O)ON1C(=O)CCC1=O. The van der Waals surface area contributed by atoms with Crippen LogP contribution in [0.2, 0.25) is 0 Å². The molecule has 2 rings (SSSR count). The summed E-state index contributed by atoms with van der Waals surface area (Å²) in [6, 6.07) is 8.17. The number of rotatable bonds is 5. The number of hydroxylamine groups is 2. The zero-order valence-electron chi connectivity index (χ0n) is 10.4. The molecule has 1 aliphatic rings. The first-order valence-electron chi connectivity index (χ1n) is 5.86. The molecule has 1 aliphatic heterocycles. The van der Waals surface area contributed by atoms with Gasteiger partial charge in [-0.3, -0.25) is 14.4 Å². The average Bonchev–Trinajstić information content (AvgIpc) is 2.77. The molecule has 1 atom stereocenters. The summed E-state index contributed by atoms with van der Waals surface area (Å²) < 4.78 is 5.11. The number of hydrogen-bond donors (Lipinski definition) is 0. The maximum atomic E-state index is 11.7. The van der Waals surface area contributed by atoms with Gasteiger partial charge in [0, 0.05) is 12.8 Å². The van der Waals surface area contributed by atoms with E-state index in [0.29, 0.717) is 10.8 Å². The lowest BCUT2D eigenvalue weighted by molar-refractivity contribution is -0.201. The molecule has 1 saturated heterocycles. The predicted molar refractivity (Wildman–Crippen MR) is 64.1 cm³/mol. The van der Waals surface area contributed by atoms with E-state index in [2.05, 4.69) is 4.84 Å². The van der Waals surface area contributed by atoms with Crippen molar-refractivity contribution in [2.45, 2.75) is 18.9 Å². The third kappa shape index (κ3) is 3.00. The van der Waals surface area contributed by atoms with E-state index in [1.54, 1.807) is 30.3 Å². The molecule has 7 heteroatoms. The van der Waals surface area contributed by atoms with Crippen molar-refractivity contribution in [3.63, 3.8) is 0 Å². The van der Waals surface area contributed by atoms with E-state index in [0.717, 1.165) is 0 Å². The van der Waals surface area contributed by atoms with E-state index in [1.807, 2.05) is 0 Å². The van der Waals surface area contributed by atoms with Gasteiger partial charge in [0.2, 0.25) is 0 Å². The maximum Gasteiger partial charge on any atom is 0.380 e. The van der Waals surface area contributed by atoms with Gasteiger partial charge < -0.3 is 9.57 Å². The van der Waals surface area contributed by atoms with E-state index in [4.69, 9.17) is 4.74 Å². The Bertz CT molecular complexity index is 525. The van der Waals surface area contributed by atoms with E-state index in [1.165, 1.54) is 0 Å². The molecule has 0 N–H and O–H groups in total. The molecule has 0 saturated carbocycles. The third-order valence-corrected chi connectivity index (χ3v) is 2.55. The number of carbonyl (C=O) groups is 4. The first kappa shape index (κ1) is 13.7. The van der Waals surface area contributed by atoms with Gasteiger partial charge >= 0.3 is 5.97 Å². The monoisotopic (exact) mass is 277 g/mol. The van der Waals surface area contributed by atoms with E-state index >= 15 is 0 Å². The van der Waals surface area contributed by atoms with Crippen LogP contribution in [0.25, 0.3) is 0 Å². The van der Waals surface area contributed by atoms with Crippen LogP contribution in [0.3, 0.4) is 0 Å². The number of nitrogens with zero attached hydrogens (tertiary/aromatic N) is 1. The number of hydrogen-bond acceptors (Lipinski definition) is 6. The van der Waals surface area contributed by atoms with Gasteiger partial charge in [-0.25, -0.2) is 4.79 Å². The summed E-state index contributed by atoms with van der Waals surface area (Å²) in [6.45, 7) is 0. The smallest absolute Gasteiger partial charge is 0.380 e. The van der Waals surface area contributed by atoms with Gasteiger partial charge in [-0.2, -0.15) is 0 Å². The molecule has 1 unspecified atom stereocenters. The average molecular weight is 277 g/mol. The Morgan fingerprint density at radius 1 is 1.15 bits per heavy atom. The molecule has 2 amide bonds. The zero-order chi connectivity index (χ0) is 14.5. The zero-order valence-corrected chi connectivity index (χ0v) is 10.4. The largest absolute Gasteiger partial charge is 0.471 e. The molecule has 0 spiro atoms. The van der Waals surface area contributed by atoms with Crippen LogP contribution in [-0.4, -0.2) is 35.2 Å². The Morgan fingerprint density at radius 2 is 1.75 bits per heavy atom. The van der Waals surface area contributed by atoms with Crippen LogP contribution >= 0.6 is 0 Å². The molecule has 20 heavy (non-hydrogen) atoms. The Labute approximate surface area is 114 Å². The summed E-state index contributed by atoms with van der Waals surface area (Å²) in [5.74, 6) is -2.06. The molecule has 1 heterocycles. The van der Waals surface area contributed by atoms with Crippen molar-refractivity contribution in [3.05, 3.63) is 30.3 Å². The Hall–Kier alpha value is -2.70. The third-order valence-electron chi connectivity index (χ3n) is 2.55. The molecular formula is C13H11NO6. The van der Waals surface area contributed by atoms with Crippen molar-refractivity contribution < 1.29 is 28.8 Å². The lowest BCUT2D eigenvalue weighted by Gasteiger charge is -2.16. The fourth-order valence-electron chi connectivity index (χ4n) is 1.58. The van der Waals surface area contributed by atoms with Crippen LogP contribution in [0.1, 0.15) is 12.8 Å². The second-order valence-corrected chi connectivity index (χ2v) is 3.98. The van der Waals surface area contributed by atoms with Crippen LogP contribution < -0.4 is 4.74 Å². The fourth-order valence-corrected chi connectivity index (χ4v) is 1.58. The molecule has 0 bridgehead atoms. The Kier molecular flexibility index (Phi) is 4.09. The Morgan fingerprint density at radius 3 is 2.30 bits per heavy atom. The number of aldehydes is 1. The van der Waals surface area contributed by atoms with Gasteiger partial charge in [0.1, 0.15) is 5.75 Å². The second kappa shape index (κ2) is 5.96. The summed E-state index contributed by atoms with van der Waals surface area (Å²) in [4.78, 5) is 49.8. The number of para-hydroxylation sites is 1. The van der Waals surface area contributed by atoms with Crippen molar-refractivity contribution in [3.8, 4) is 5.75 Å². The summed E-state index contributed by atoms with van der Waals surface area (Å²) in [5.41, 5.74) is 0. The molecule has 0 radical (unpaired) electrons. The lowest BCUT2D eigenvalue weighted by atomic mass is 10.3. The van der Waals surface area contributed by atoms with Gasteiger partial charge in [0.15, 0.2) is 6.29 Å². The highest BCUT2D eigenvalue weighted by molar-refractivity contribution is 6.02. The topological polar surface area (TPSA) is 90.0 Å². The maximum absolute atomic E-state index is 11.7. The minimum atomic E-state index is -1.54. The van der Waals surface area contributed by atoms with Crippen molar-refractivity contribution in [2.24, 2.45) is 0 Å². The highest BCUT2D eigenvalue weighted by atomic mass is 16.7. The van der Waals surface area contributed by atoms with Gasteiger partial charge in [0.05, 0.1) is 0 Å². The van der Waals surface area contributed by atoms with Gasteiger partial charge in [-0.1, -0.05) is 18.2 Å². The van der Waals surface area contributed by atoms with Gasteiger partial charge in [-0.15, -0.1) is 5.06 Å². The van der Waals surface area contributed by atoms with E-state index in [9.17, 15) is 19.2 Å². The molecule has 1 aromatic carbocycles. The molecule has 104 valence electrons. The molecule has 7 nitrogen and oxygen atoms in total. The summed E-state index contributed by atoms with van der Waals surface area (Å²) >= 11 is 0. The van der Waals surface area contributed by atoms with Crippen molar-refractivity contribution in [1.29, 1.82) is 0 Å². The highest BCUT2D eigenvalue weighted by Gasteiger charge is 2.35. The number of carbonyl (C=O) groups excluding carboxylic acids is 4. The molecule has 1 aromatic rings. The second-order valence-electron chi connectivity index (χ2n) is 3.98.